The molecule has 4 heterocycles. The van der Waals surface area contributed by atoms with Crippen LogP contribution in [0, 0.1) is 11.8 Å². The number of hydrogen-bond donors (Lipinski definition) is 4. The number of imidazole rings is 2. The lowest BCUT2D eigenvalue weighted by Crippen LogP contribution is -2.51. The molecule has 2 aliphatic heterocycles. The van der Waals surface area contributed by atoms with Crippen molar-refractivity contribution in [2.24, 2.45) is 11.8 Å². The second-order valence-electron chi connectivity index (χ2n) is 18.5. The van der Waals surface area contributed by atoms with Gasteiger partial charge in [0, 0.05) is 13.1 Å². The summed E-state index contributed by atoms with van der Waals surface area (Å²) >= 11 is 0. The van der Waals surface area contributed by atoms with Crippen LogP contribution in [0.4, 0.5) is 9.59 Å². The second-order valence-corrected chi connectivity index (χ2v) is 18.5. The Morgan fingerprint density at radius 1 is 0.719 bits per heavy atom. The molecule has 4 aliphatic rings. The van der Waals surface area contributed by atoms with Crippen LogP contribution in [0.2, 0.25) is 0 Å². The van der Waals surface area contributed by atoms with Gasteiger partial charge in [0.1, 0.15) is 23.7 Å². The third-order valence-corrected chi connectivity index (χ3v) is 14.5. The molecule has 3 aromatic carbocycles. The molecule has 4 N–H and O–H groups in total. The van der Waals surface area contributed by atoms with Gasteiger partial charge in [-0.25, -0.2) is 19.6 Å². The Morgan fingerprint density at radius 3 is 1.89 bits per heavy atom. The van der Waals surface area contributed by atoms with Crippen LogP contribution in [0.25, 0.3) is 44.5 Å². The van der Waals surface area contributed by atoms with Gasteiger partial charge in [0.15, 0.2) is 0 Å². The van der Waals surface area contributed by atoms with Crippen LogP contribution in [-0.2, 0) is 19.1 Å². The van der Waals surface area contributed by atoms with Crippen molar-refractivity contribution in [3.05, 3.63) is 83.6 Å². The van der Waals surface area contributed by atoms with Gasteiger partial charge in [0.2, 0.25) is 11.8 Å². The zero-order chi connectivity index (χ0) is 44.8. The zero-order valence-electron chi connectivity index (χ0n) is 37.7. The standard InChI is InChI=1S/C50H60N8O6/c1-7-28(4)44(56-50(62)64-6)48(60)58-23-9-11-40(58)46-52-36-21-18-31(25-37(36)53-46)35-20-19-34(41-32-16-17-33(24-32)42(35)41)29-12-14-30(15-13-29)38-26-51-45(54-38)39-10-8-22-57(39)47(59)43(27(2)3)55-49(61)63-5/h12-15,18-21,25-28,32-33,39-40,43-44H,7-11,16-17,22-24H2,1-6H3,(H,51,54)(H,52,53)(H,55,61)(H,56,62)/t28-,32?,33?,39-,40-,43-,44?/m0/s1. The molecule has 0 radical (unpaired) electrons. The molecule has 2 aromatic heterocycles. The minimum Gasteiger partial charge on any atom is -0.453 e. The first-order valence-electron chi connectivity index (χ1n) is 23.1. The second kappa shape index (κ2) is 17.8. The number of aromatic amines is 2. The smallest absolute Gasteiger partial charge is 0.407 e. The molecule has 0 spiro atoms. The van der Waals surface area contributed by atoms with Gasteiger partial charge in [-0.15, -0.1) is 0 Å². The molecule has 2 bridgehead atoms. The van der Waals surface area contributed by atoms with E-state index in [1.54, 1.807) is 0 Å². The summed E-state index contributed by atoms with van der Waals surface area (Å²) in [6, 6.07) is 18.0. The van der Waals surface area contributed by atoms with Gasteiger partial charge in [0.05, 0.1) is 49.2 Å². The molecule has 3 unspecified atom stereocenters. The molecule has 9 rings (SSSR count). The van der Waals surface area contributed by atoms with E-state index in [9.17, 15) is 19.2 Å². The van der Waals surface area contributed by atoms with E-state index < -0.39 is 24.3 Å². The number of H-pyrrole nitrogens is 2. The maximum atomic E-state index is 13.9. The fourth-order valence-corrected chi connectivity index (χ4v) is 10.9. The number of amides is 4. The highest BCUT2D eigenvalue weighted by atomic mass is 16.5. The van der Waals surface area contributed by atoms with E-state index in [2.05, 4.69) is 75.2 Å². The topological polar surface area (TPSA) is 175 Å². The lowest BCUT2D eigenvalue weighted by molar-refractivity contribution is -0.136. The van der Waals surface area contributed by atoms with Crippen LogP contribution in [0.5, 0.6) is 0 Å². The Labute approximate surface area is 374 Å². The number of benzene rings is 3. The number of hydrogen-bond acceptors (Lipinski definition) is 8. The van der Waals surface area contributed by atoms with Crippen molar-refractivity contribution in [3.8, 4) is 33.5 Å². The highest BCUT2D eigenvalue weighted by Crippen LogP contribution is 2.58. The summed E-state index contributed by atoms with van der Waals surface area (Å²) in [7, 11) is 2.62. The van der Waals surface area contributed by atoms with Crippen LogP contribution in [-0.4, -0.2) is 93.1 Å². The largest absolute Gasteiger partial charge is 0.453 e. The summed E-state index contributed by atoms with van der Waals surface area (Å²) in [5.41, 5.74) is 11.6. The molecule has 4 amide bonds. The van der Waals surface area contributed by atoms with Crippen LogP contribution in [0.1, 0.15) is 126 Å². The molecule has 3 fully saturated rings. The number of likely N-dealkylation sites (tertiary alicyclic amines) is 2. The Hall–Kier alpha value is -6.18. The first-order valence-corrected chi connectivity index (χ1v) is 23.1. The minimum atomic E-state index is -0.685. The Morgan fingerprint density at radius 2 is 1.28 bits per heavy atom. The monoisotopic (exact) mass is 868 g/mol. The minimum absolute atomic E-state index is 0.0529. The summed E-state index contributed by atoms with van der Waals surface area (Å²) in [5, 5.41) is 5.51. The molecule has 14 heteroatoms. The fraction of sp³-hybridized carbons (Fsp3) is 0.480. The zero-order valence-corrected chi connectivity index (χ0v) is 37.7. The van der Waals surface area contributed by atoms with Gasteiger partial charge >= 0.3 is 12.2 Å². The average molecular weight is 869 g/mol. The van der Waals surface area contributed by atoms with E-state index in [0.717, 1.165) is 71.6 Å². The molecule has 64 heavy (non-hydrogen) atoms. The number of nitrogens with one attached hydrogen (secondary N) is 4. The van der Waals surface area contributed by atoms with Crippen molar-refractivity contribution in [2.45, 2.75) is 115 Å². The third kappa shape index (κ3) is 7.89. The SMILES string of the molecule is CC[C@H](C)C(NC(=O)OC)C(=O)N1CCC[C@H]1c1nc2ccc(-c3ccc(-c4ccc(-c5cnc([C@@H]6CCCN6C(=O)[C@@H](NC(=O)OC)C(C)C)[nH]5)cc4)c4c3C3CCC4C3)cc2[nH]1. The van der Waals surface area contributed by atoms with Crippen LogP contribution in [0.3, 0.4) is 0 Å². The van der Waals surface area contributed by atoms with E-state index in [-0.39, 0.29) is 35.7 Å². The Kier molecular flexibility index (Phi) is 12.0. The molecule has 2 saturated heterocycles. The third-order valence-electron chi connectivity index (χ3n) is 14.5. The number of alkyl carbamates (subject to hydrolysis) is 2. The first kappa shape index (κ1) is 43.1. The Bertz CT molecular complexity index is 2560. The lowest BCUT2D eigenvalue weighted by Gasteiger charge is -2.30. The summed E-state index contributed by atoms with van der Waals surface area (Å²) in [4.78, 5) is 72.5. The average Bonchev–Trinajstić information content (AvgIpc) is 4.18. The van der Waals surface area contributed by atoms with Crippen LogP contribution in [0.15, 0.2) is 60.8 Å². The molecule has 14 nitrogen and oxygen atoms in total. The Balaban J connectivity index is 0.948. The predicted octanol–water partition coefficient (Wildman–Crippen LogP) is 9.13. The predicted molar refractivity (Wildman–Crippen MR) is 244 cm³/mol. The van der Waals surface area contributed by atoms with E-state index in [1.807, 2.05) is 43.7 Å². The molecule has 2 aliphatic carbocycles. The normalized spacial score (nSPS) is 21.5. The molecular formula is C50H60N8O6. The van der Waals surface area contributed by atoms with Gasteiger partial charge < -0.3 is 39.9 Å². The number of fused-ring (bicyclic) bond motifs is 6. The van der Waals surface area contributed by atoms with Gasteiger partial charge in [-0.2, -0.15) is 0 Å². The summed E-state index contributed by atoms with van der Waals surface area (Å²) < 4.78 is 9.66. The van der Waals surface area contributed by atoms with Crippen LogP contribution >= 0.6 is 0 Å². The maximum absolute atomic E-state index is 13.9. The maximum Gasteiger partial charge on any atom is 0.407 e. The quantitative estimate of drug-likeness (QED) is 0.0961. The van der Waals surface area contributed by atoms with E-state index in [4.69, 9.17) is 19.4 Å². The van der Waals surface area contributed by atoms with E-state index >= 15 is 0 Å². The molecular weight excluding hydrogens is 809 g/mol. The van der Waals surface area contributed by atoms with Crippen molar-refractivity contribution < 1.29 is 28.7 Å². The van der Waals surface area contributed by atoms with Crippen molar-refractivity contribution in [1.29, 1.82) is 0 Å². The first-order chi connectivity index (χ1) is 31.0. The number of nitrogens with zero attached hydrogens (tertiary/aromatic N) is 4. The molecule has 1 saturated carbocycles. The summed E-state index contributed by atoms with van der Waals surface area (Å²) in [5.74, 6) is 2.18. The summed E-state index contributed by atoms with van der Waals surface area (Å²) in [6.45, 7) is 9.04. The van der Waals surface area contributed by atoms with Crippen LogP contribution < -0.4 is 10.6 Å². The number of carbonyl (C=O) groups is 4. The highest BCUT2D eigenvalue weighted by molar-refractivity contribution is 5.89. The number of carbonyl (C=O) groups excluding carboxylic acids is 4. The molecule has 336 valence electrons. The number of aromatic nitrogens is 4. The van der Waals surface area contributed by atoms with Gasteiger partial charge in [-0.3, -0.25) is 9.59 Å². The number of ether oxygens (including phenoxy) is 2. The molecule has 5 aromatic rings. The van der Waals surface area contributed by atoms with E-state index in [1.165, 1.54) is 61.3 Å². The van der Waals surface area contributed by atoms with Gasteiger partial charge in [-0.1, -0.05) is 76.6 Å². The number of methoxy groups -OCH3 is 2. The van der Waals surface area contributed by atoms with Crippen molar-refractivity contribution in [1.82, 2.24) is 40.4 Å². The number of rotatable bonds is 12. The fourth-order valence-electron chi connectivity index (χ4n) is 10.9. The van der Waals surface area contributed by atoms with Crippen molar-refractivity contribution in [2.75, 3.05) is 27.3 Å². The lowest BCUT2D eigenvalue weighted by atomic mass is 9.81. The highest BCUT2D eigenvalue weighted by Gasteiger charge is 2.42. The van der Waals surface area contributed by atoms with Gasteiger partial charge in [0.25, 0.3) is 0 Å². The van der Waals surface area contributed by atoms with Crippen molar-refractivity contribution in [3.63, 3.8) is 0 Å². The van der Waals surface area contributed by atoms with Crippen molar-refractivity contribution >= 4 is 35.0 Å². The summed E-state index contributed by atoms with van der Waals surface area (Å²) in [6.07, 6.45) is 8.25. The van der Waals surface area contributed by atoms with Gasteiger partial charge in [-0.05, 0) is 120 Å². The van der Waals surface area contributed by atoms with E-state index in [0.29, 0.717) is 24.9 Å². The molecule has 7 atom stereocenters.